The summed E-state index contributed by atoms with van der Waals surface area (Å²) in [5, 5.41) is 2.44. The second kappa shape index (κ2) is 4.20. The van der Waals surface area contributed by atoms with Gasteiger partial charge in [-0.2, -0.15) is 0 Å². The number of hydrogen-bond donors (Lipinski definition) is 1. The van der Waals surface area contributed by atoms with Crippen LogP contribution in [0, 0.1) is 11.8 Å². The van der Waals surface area contributed by atoms with E-state index in [-0.39, 0.29) is 5.92 Å². The molecule has 4 heteroatoms. The van der Waals surface area contributed by atoms with E-state index < -0.39 is 12.4 Å². The van der Waals surface area contributed by atoms with Crippen molar-refractivity contribution >= 4 is 6.09 Å². The third-order valence-corrected chi connectivity index (χ3v) is 3.35. The predicted molar refractivity (Wildman–Crippen MR) is 59.5 cm³/mol. The quantitative estimate of drug-likeness (QED) is 0.693. The molecule has 3 unspecified atom stereocenters. The molecular formula is C12H17NO3. The van der Waals surface area contributed by atoms with Crippen LogP contribution in [0.1, 0.15) is 20.3 Å². The molecule has 0 saturated carbocycles. The summed E-state index contributed by atoms with van der Waals surface area (Å²) in [4.78, 5) is 11.2. The Kier molecular flexibility index (Phi) is 2.90. The Bertz CT molecular complexity index is 359. The highest BCUT2D eigenvalue weighted by atomic mass is 16.7. The molecule has 0 aromatic heterocycles. The van der Waals surface area contributed by atoms with Gasteiger partial charge in [0.05, 0.1) is 12.2 Å². The van der Waals surface area contributed by atoms with Gasteiger partial charge in [-0.3, -0.25) is 0 Å². The van der Waals surface area contributed by atoms with Crippen LogP contribution in [0.3, 0.4) is 0 Å². The number of carbonyl (C=O) groups is 1. The van der Waals surface area contributed by atoms with Gasteiger partial charge < -0.3 is 14.8 Å². The number of nitrogens with one attached hydrogen (secondary N) is 1. The molecule has 2 rings (SSSR count). The average Bonchev–Trinajstić information content (AvgIpc) is 2.66. The standard InChI is InChI=1S/C12H17NO3/c1-7-4-5-9-8(2)6-15-11(10(7)9)16-12(14)13-3/h4,6,9-11H,5H2,1-3H3,(H,13,14). The van der Waals surface area contributed by atoms with Crippen molar-refractivity contribution in [1.29, 1.82) is 0 Å². The zero-order valence-electron chi connectivity index (χ0n) is 9.82. The van der Waals surface area contributed by atoms with Crippen molar-refractivity contribution in [1.82, 2.24) is 5.32 Å². The summed E-state index contributed by atoms with van der Waals surface area (Å²) in [6, 6.07) is 0. The summed E-state index contributed by atoms with van der Waals surface area (Å²) < 4.78 is 10.7. The summed E-state index contributed by atoms with van der Waals surface area (Å²) in [7, 11) is 1.54. The van der Waals surface area contributed by atoms with Crippen molar-refractivity contribution in [2.45, 2.75) is 26.6 Å². The lowest BCUT2D eigenvalue weighted by atomic mass is 9.85. The Hall–Kier alpha value is -1.45. The van der Waals surface area contributed by atoms with Gasteiger partial charge in [0.25, 0.3) is 6.29 Å². The van der Waals surface area contributed by atoms with Crippen LogP contribution < -0.4 is 5.32 Å². The number of ether oxygens (including phenoxy) is 2. The first-order valence-electron chi connectivity index (χ1n) is 5.50. The molecule has 88 valence electrons. The molecule has 0 spiro atoms. The van der Waals surface area contributed by atoms with Gasteiger partial charge in [-0.1, -0.05) is 11.6 Å². The van der Waals surface area contributed by atoms with Gasteiger partial charge in [-0.25, -0.2) is 4.79 Å². The number of allylic oxidation sites excluding steroid dienone is 2. The van der Waals surface area contributed by atoms with Crippen LogP contribution in [-0.2, 0) is 9.47 Å². The molecule has 1 heterocycles. The molecule has 0 saturated heterocycles. The molecule has 0 aromatic rings. The largest absolute Gasteiger partial charge is 0.462 e. The molecular weight excluding hydrogens is 206 g/mol. The molecule has 0 aromatic carbocycles. The van der Waals surface area contributed by atoms with E-state index in [1.54, 1.807) is 13.3 Å². The highest BCUT2D eigenvalue weighted by Crippen LogP contribution is 2.42. The Labute approximate surface area is 95.3 Å². The van der Waals surface area contributed by atoms with Gasteiger partial charge in [-0.15, -0.1) is 0 Å². The Morgan fingerprint density at radius 2 is 2.25 bits per heavy atom. The molecule has 16 heavy (non-hydrogen) atoms. The second-order valence-corrected chi connectivity index (χ2v) is 4.34. The minimum atomic E-state index is -0.493. The van der Waals surface area contributed by atoms with Crippen LogP contribution in [-0.4, -0.2) is 19.4 Å². The molecule has 1 amide bonds. The Balaban J connectivity index is 2.15. The fourth-order valence-corrected chi connectivity index (χ4v) is 2.40. The molecule has 1 N–H and O–H groups in total. The van der Waals surface area contributed by atoms with Crippen molar-refractivity contribution in [3.63, 3.8) is 0 Å². The lowest BCUT2D eigenvalue weighted by Crippen LogP contribution is -2.37. The normalized spacial score (nSPS) is 32.1. The van der Waals surface area contributed by atoms with E-state index in [9.17, 15) is 4.79 Å². The molecule has 3 atom stereocenters. The van der Waals surface area contributed by atoms with E-state index >= 15 is 0 Å². The highest BCUT2D eigenvalue weighted by molar-refractivity contribution is 5.66. The summed E-state index contributed by atoms with van der Waals surface area (Å²) in [6.45, 7) is 4.12. The van der Waals surface area contributed by atoms with Crippen LogP contribution >= 0.6 is 0 Å². The third kappa shape index (κ3) is 1.79. The van der Waals surface area contributed by atoms with Crippen molar-refractivity contribution in [2.24, 2.45) is 11.8 Å². The first kappa shape index (κ1) is 11.0. The third-order valence-electron chi connectivity index (χ3n) is 3.35. The molecule has 1 aliphatic heterocycles. The van der Waals surface area contributed by atoms with E-state index in [1.165, 1.54) is 11.1 Å². The van der Waals surface area contributed by atoms with E-state index in [4.69, 9.17) is 9.47 Å². The SMILES string of the molecule is CNC(=O)OC1OC=C(C)C2CC=C(C)C12. The van der Waals surface area contributed by atoms with Gasteiger partial charge in [0.2, 0.25) is 0 Å². The lowest BCUT2D eigenvalue weighted by molar-refractivity contribution is -0.107. The Morgan fingerprint density at radius 3 is 2.94 bits per heavy atom. The summed E-state index contributed by atoms with van der Waals surface area (Å²) in [5.74, 6) is 0.589. The van der Waals surface area contributed by atoms with Crippen LogP contribution in [0.5, 0.6) is 0 Å². The summed E-state index contributed by atoms with van der Waals surface area (Å²) >= 11 is 0. The van der Waals surface area contributed by atoms with Crippen molar-refractivity contribution < 1.29 is 14.3 Å². The van der Waals surface area contributed by atoms with Crippen molar-refractivity contribution in [3.05, 3.63) is 23.5 Å². The monoisotopic (exact) mass is 223 g/mol. The van der Waals surface area contributed by atoms with E-state index in [0.29, 0.717) is 5.92 Å². The van der Waals surface area contributed by atoms with E-state index in [1.807, 2.05) is 0 Å². The molecule has 0 fully saturated rings. The smallest absolute Gasteiger partial charge is 0.409 e. The van der Waals surface area contributed by atoms with Gasteiger partial charge >= 0.3 is 6.09 Å². The van der Waals surface area contributed by atoms with E-state index in [0.717, 1.165) is 6.42 Å². The fourth-order valence-electron chi connectivity index (χ4n) is 2.40. The second-order valence-electron chi connectivity index (χ2n) is 4.34. The first-order valence-corrected chi connectivity index (χ1v) is 5.50. The lowest BCUT2D eigenvalue weighted by Gasteiger charge is -2.33. The van der Waals surface area contributed by atoms with Gasteiger partial charge in [0.15, 0.2) is 0 Å². The molecule has 2 aliphatic rings. The molecule has 0 radical (unpaired) electrons. The maximum absolute atomic E-state index is 11.2. The predicted octanol–water partition coefficient (Wildman–Crippen LogP) is 2.18. The highest BCUT2D eigenvalue weighted by Gasteiger charge is 2.40. The number of fused-ring (bicyclic) bond motifs is 1. The van der Waals surface area contributed by atoms with Crippen molar-refractivity contribution in [3.8, 4) is 0 Å². The number of rotatable bonds is 1. The zero-order valence-corrected chi connectivity index (χ0v) is 9.82. The minimum Gasteiger partial charge on any atom is -0.462 e. The molecule has 1 aliphatic carbocycles. The minimum absolute atomic E-state index is 0.169. The van der Waals surface area contributed by atoms with Gasteiger partial charge in [-0.05, 0) is 31.8 Å². The number of amides is 1. The van der Waals surface area contributed by atoms with Crippen molar-refractivity contribution in [2.75, 3.05) is 7.05 Å². The summed E-state index contributed by atoms with van der Waals surface area (Å²) in [5.41, 5.74) is 2.46. The van der Waals surface area contributed by atoms with Crippen LogP contribution in [0.2, 0.25) is 0 Å². The fraction of sp³-hybridized carbons (Fsp3) is 0.583. The number of alkyl carbamates (subject to hydrolysis) is 1. The first-order chi connectivity index (χ1) is 7.63. The van der Waals surface area contributed by atoms with Crippen LogP contribution in [0.4, 0.5) is 4.79 Å². The van der Waals surface area contributed by atoms with Gasteiger partial charge in [0.1, 0.15) is 0 Å². The molecule has 0 bridgehead atoms. The van der Waals surface area contributed by atoms with Crippen LogP contribution in [0.15, 0.2) is 23.5 Å². The number of hydrogen-bond acceptors (Lipinski definition) is 3. The summed E-state index contributed by atoms with van der Waals surface area (Å²) in [6.07, 6.45) is 3.97. The maximum Gasteiger partial charge on any atom is 0.409 e. The maximum atomic E-state index is 11.2. The number of carbonyl (C=O) groups excluding carboxylic acids is 1. The topological polar surface area (TPSA) is 47.6 Å². The Morgan fingerprint density at radius 1 is 1.50 bits per heavy atom. The zero-order chi connectivity index (χ0) is 11.7. The van der Waals surface area contributed by atoms with Gasteiger partial charge in [0, 0.05) is 7.05 Å². The average molecular weight is 223 g/mol. The van der Waals surface area contributed by atoms with E-state index in [2.05, 4.69) is 25.2 Å². The molecule has 4 nitrogen and oxygen atoms in total. The van der Waals surface area contributed by atoms with Crippen LogP contribution in [0.25, 0.3) is 0 Å².